The molecule has 2 atom stereocenters. The molecule has 1 aromatic rings. The van der Waals surface area contributed by atoms with Gasteiger partial charge in [-0.1, -0.05) is 24.6 Å². The van der Waals surface area contributed by atoms with E-state index in [2.05, 4.69) is 5.32 Å². The van der Waals surface area contributed by atoms with Crippen LogP contribution in [0, 0.1) is 5.92 Å². The molecule has 1 saturated carbocycles. The van der Waals surface area contributed by atoms with Crippen molar-refractivity contribution in [2.75, 3.05) is 13.7 Å². The molecular weight excluding hydrogens is 262 g/mol. The molecular formula is C15H20ClNO2. The molecule has 1 aliphatic carbocycles. The quantitative estimate of drug-likeness (QED) is 0.843. The Hall–Kier alpha value is -1.22. The number of para-hydroxylation sites is 1. The van der Waals surface area contributed by atoms with E-state index in [1.807, 2.05) is 24.3 Å². The van der Waals surface area contributed by atoms with Crippen LogP contribution in [0.3, 0.4) is 0 Å². The second-order valence-electron chi connectivity index (χ2n) is 5.00. The van der Waals surface area contributed by atoms with Crippen molar-refractivity contribution >= 4 is 17.5 Å². The molecule has 1 aliphatic rings. The van der Waals surface area contributed by atoms with E-state index < -0.39 is 0 Å². The minimum atomic E-state index is 0.0280. The Bertz CT molecular complexity index is 436. The van der Waals surface area contributed by atoms with Crippen LogP contribution in [0.5, 0.6) is 5.75 Å². The molecule has 3 nitrogen and oxygen atoms in total. The average Bonchev–Trinajstić information content (AvgIpc) is 2.82. The van der Waals surface area contributed by atoms with Crippen molar-refractivity contribution in [1.29, 1.82) is 0 Å². The van der Waals surface area contributed by atoms with E-state index in [-0.39, 0.29) is 11.3 Å². The van der Waals surface area contributed by atoms with Crippen molar-refractivity contribution in [2.45, 2.75) is 31.1 Å². The maximum Gasteiger partial charge on any atom is 0.224 e. The van der Waals surface area contributed by atoms with Crippen LogP contribution in [-0.4, -0.2) is 24.9 Å². The maximum atomic E-state index is 11.9. The van der Waals surface area contributed by atoms with E-state index in [0.717, 1.165) is 24.2 Å². The lowest BCUT2D eigenvalue weighted by molar-refractivity contribution is -0.120. The van der Waals surface area contributed by atoms with E-state index >= 15 is 0 Å². The van der Waals surface area contributed by atoms with Crippen molar-refractivity contribution in [2.24, 2.45) is 5.92 Å². The van der Waals surface area contributed by atoms with Gasteiger partial charge in [0.2, 0.25) is 5.91 Å². The second-order valence-corrected chi connectivity index (χ2v) is 5.56. The van der Waals surface area contributed by atoms with Gasteiger partial charge in [-0.05, 0) is 24.8 Å². The lowest BCUT2D eigenvalue weighted by atomic mass is 10.1. The molecule has 0 radical (unpaired) electrons. The Kier molecular flexibility index (Phi) is 5.08. The third-order valence-corrected chi connectivity index (χ3v) is 4.25. The number of hydrogen-bond acceptors (Lipinski definition) is 2. The monoisotopic (exact) mass is 281 g/mol. The number of ether oxygens (including phenoxy) is 1. The molecule has 0 bridgehead atoms. The van der Waals surface area contributed by atoms with Gasteiger partial charge in [0, 0.05) is 17.5 Å². The van der Waals surface area contributed by atoms with Gasteiger partial charge in [-0.25, -0.2) is 0 Å². The predicted octanol–water partition coefficient (Wildman–Crippen LogP) is 2.76. The van der Waals surface area contributed by atoms with Crippen LogP contribution < -0.4 is 10.1 Å². The Labute approximate surface area is 119 Å². The molecule has 0 aliphatic heterocycles. The van der Waals surface area contributed by atoms with Crippen molar-refractivity contribution in [3.8, 4) is 5.75 Å². The summed E-state index contributed by atoms with van der Waals surface area (Å²) in [7, 11) is 1.62. The van der Waals surface area contributed by atoms with Crippen molar-refractivity contribution < 1.29 is 9.53 Å². The molecule has 2 rings (SSSR count). The molecule has 0 spiro atoms. The lowest BCUT2D eigenvalue weighted by Crippen LogP contribution is -2.32. The molecule has 0 heterocycles. The summed E-state index contributed by atoms with van der Waals surface area (Å²) in [6.45, 7) is 0.683. The molecule has 4 heteroatoms. The van der Waals surface area contributed by atoms with Gasteiger partial charge in [-0.3, -0.25) is 4.79 Å². The normalized spacial score (nSPS) is 22.2. The minimum absolute atomic E-state index is 0.0280. The van der Waals surface area contributed by atoms with Crippen LogP contribution in [0.25, 0.3) is 0 Å². The number of benzene rings is 1. The zero-order chi connectivity index (χ0) is 13.7. The fourth-order valence-corrected chi connectivity index (χ4v) is 2.92. The molecule has 1 aromatic carbocycles. The molecule has 2 unspecified atom stereocenters. The molecule has 1 amide bonds. The van der Waals surface area contributed by atoms with Crippen LogP contribution in [0.1, 0.15) is 24.8 Å². The van der Waals surface area contributed by atoms with E-state index in [4.69, 9.17) is 16.3 Å². The molecule has 1 fully saturated rings. The van der Waals surface area contributed by atoms with Crippen LogP contribution in [0.4, 0.5) is 0 Å². The van der Waals surface area contributed by atoms with E-state index in [1.165, 1.54) is 6.42 Å². The standard InChI is InChI=1S/C15H20ClNO2/c1-19-14-8-3-2-5-11(14)9-15(18)17-10-12-6-4-7-13(12)16/h2-3,5,8,12-13H,4,6-7,9-10H2,1H3,(H,17,18). The fraction of sp³-hybridized carbons (Fsp3) is 0.533. The van der Waals surface area contributed by atoms with E-state index in [0.29, 0.717) is 18.9 Å². The largest absolute Gasteiger partial charge is 0.496 e. The smallest absolute Gasteiger partial charge is 0.224 e. The van der Waals surface area contributed by atoms with Gasteiger partial charge in [0.15, 0.2) is 0 Å². The minimum Gasteiger partial charge on any atom is -0.496 e. The van der Waals surface area contributed by atoms with Gasteiger partial charge in [0.1, 0.15) is 5.75 Å². The first-order chi connectivity index (χ1) is 9.20. The number of rotatable bonds is 5. The zero-order valence-corrected chi connectivity index (χ0v) is 12.0. The zero-order valence-electron chi connectivity index (χ0n) is 11.2. The van der Waals surface area contributed by atoms with E-state index in [1.54, 1.807) is 7.11 Å². The fourth-order valence-electron chi connectivity index (χ4n) is 2.55. The molecule has 104 valence electrons. The number of halogens is 1. The summed E-state index contributed by atoms with van der Waals surface area (Å²) in [4.78, 5) is 11.9. The first-order valence-corrected chi connectivity index (χ1v) is 7.17. The number of methoxy groups -OCH3 is 1. The summed E-state index contributed by atoms with van der Waals surface area (Å²) in [5.74, 6) is 1.21. The highest BCUT2D eigenvalue weighted by molar-refractivity contribution is 6.20. The summed E-state index contributed by atoms with van der Waals surface area (Å²) in [6, 6.07) is 7.60. The number of hydrogen-bond donors (Lipinski definition) is 1. The number of carbonyl (C=O) groups excluding carboxylic acids is 1. The highest BCUT2D eigenvalue weighted by atomic mass is 35.5. The summed E-state index contributed by atoms with van der Waals surface area (Å²) < 4.78 is 5.24. The van der Waals surface area contributed by atoms with Gasteiger partial charge in [-0.15, -0.1) is 11.6 Å². The van der Waals surface area contributed by atoms with Gasteiger partial charge < -0.3 is 10.1 Å². The number of carbonyl (C=O) groups is 1. The van der Waals surface area contributed by atoms with Crippen LogP contribution >= 0.6 is 11.6 Å². The van der Waals surface area contributed by atoms with Crippen molar-refractivity contribution in [1.82, 2.24) is 5.32 Å². The van der Waals surface area contributed by atoms with Crippen LogP contribution in [-0.2, 0) is 11.2 Å². The van der Waals surface area contributed by atoms with Crippen molar-refractivity contribution in [3.05, 3.63) is 29.8 Å². The number of alkyl halides is 1. The average molecular weight is 282 g/mol. The SMILES string of the molecule is COc1ccccc1CC(=O)NCC1CCCC1Cl. The molecule has 0 aromatic heterocycles. The topological polar surface area (TPSA) is 38.3 Å². The van der Waals surface area contributed by atoms with E-state index in [9.17, 15) is 4.79 Å². The summed E-state index contributed by atoms with van der Waals surface area (Å²) in [5.41, 5.74) is 0.913. The highest BCUT2D eigenvalue weighted by Gasteiger charge is 2.25. The van der Waals surface area contributed by atoms with Gasteiger partial charge in [0.25, 0.3) is 0 Å². The molecule has 0 saturated heterocycles. The van der Waals surface area contributed by atoms with Gasteiger partial charge >= 0.3 is 0 Å². The van der Waals surface area contributed by atoms with Gasteiger partial charge in [-0.2, -0.15) is 0 Å². The molecule has 19 heavy (non-hydrogen) atoms. The third kappa shape index (κ3) is 3.87. The first kappa shape index (κ1) is 14.2. The summed E-state index contributed by atoms with van der Waals surface area (Å²) in [6.07, 6.45) is 3.70. The Morgan fingerprint density at radius 1 is 1.42 bits per heavy atom. The first-order valence-electron chi connectivity index (χ1n) is 6.73. The number of amides is 1. The Balaban J connectivity index is 1.84. The highest BCUT2D eigenvalue weighted by Crippen LogP contribution is 2.29. The second kappa shape index (κ2) is 6.80. The lowest BCUT2D eigenvalue weighted by Gasteiger charge is -2.15. The third-order valence-electron chi connectivity index (χ3n) is 3.67. The predicted molar refractivity (Wildman–Crippen MR) is 76.7 cm³/mol. The van der Waals surface area contributed by atoms with Gasteiger partial charge in [0.05, 0.1) is 13.5 Å². The number of nitrogens with one attached hydrogen (secondary N) is 1. The summed E-state index contributed by atoms with van der Waals surface area (Å²) >= 11 is 6.20. The Morgan fingerprint density at radius 3 is 2.89 bits per heavy atom. The Morgan fingerprint density at radius 2 is 2.21 bits per heavy atom. The van der Waals surface area contributed by atoms with Crippen LogP contribution in [0.15, 0.2) is 24.3 Å². The summed E-state index contributed by atoms with van der Waals surface area (Å²) in [5, 5.41) is 3.19. The van der Waals surface area contributed by atoms with Crippen LogP contribution in [0.2, 0.25) is 0 Å². The van der Waals surface area contributed by atoms with Crippen molar-refractivity contribution in [3.63, 3.8) is 0 Å². The molecule has 1 N–H and O–H groups in total. The maximum absolute atomic E-state index is 11.9.